The van der Waals surface area contributed by atoms with Crippen LogP contribution < -0.4 is 4.31 Å². The van der Waals surface area contributed by atoms with E-state index in [2.05, 4.69) is 0 Å². The summed E-state index contributed by atoms with van der Waals surface area (Å²) in [7, 11) is -4.06. The summed E-state index contributed by atoms with van der Waals surface area (Å²) in [5, 5.41) is 0.0923. The third kappa shape index (κ3) is 3.71. The number of benzene rings is 3. The number of nitrogens with zero attached hydrogens (tertiary/aromatic N) is 1. The van der Waals surface area contributed by atoms with Gasteiger partial charge < -0.3 is 0 Å². The van der Waals surface area contributed by atoms with Crippen LogP contribution in [0.3, 0.4) is 0 Å². The first-order valence-electron chi connectivity index (χ1n) is 7.66. The Morgan fingerprint density at radius 1 is 0.885 bits per heavy atom. The summed E-state index contributed by atoms with van der Waals surface area (Å²) >= 11 is 6.05. The fourth-order valence-corrected chi connectivity index (χ4v) is 4.16. The molecule has 0 fully saturated rings. The van der Waals surface area contributed by atoms with Gasteiger partial charge in [0, 0.05) is 10.6 Å². The van der Waals surface area contributed by atoms with Gasteiger partial charge in [0.15, 0.2) is 0 Å². The monoisotopic (exact) mass is 393 g/mol. The van der Waals surface area contributed by atoms with E-state index in [0.717, 1.165) is 10.4 Å². The molecule has 0 saturated heterocycles. The Morgan fingerprint density at radius 3 is 2.23 bits per heavy atom. The number of rotatable bonds is 5. The van der Waals surface area contributed by atoms with Gasteiger partial charge in [-0.1, -0.05) is 41.9 Å². The SMILES string of the molecule is O=S(=O)(c1ccccc1)N(Cc1c(F)cccc1Cl)c1cccc(F)c1. The Labute approximate surface area is 155 Å². The second-order valence-electron chi connectivity index (χ2n) is 5.50. The lowest BCUT2D eigenvalue weighted by Gasteiger charge is -2.25. The Bertz CT molecular complexity index is 1010. The molecule has 134 valence electrons. The van der Waals surface area contributed by atoms with Crippen molar-refractivity contribution in [1.82, 2.24) is 0 Å². The van der Waals surface area contributed by atoms with E-state index in [4.69, 9.17) is 11.6 Å². The Balaban J connectivity index is 2.14. The molecule has 0 N–H and O–H groups in total. The van der Waals surface area contributed by atoms with Crippen LogP contribution in [0.2, 0.25) is 5.02 Å². The van der Waals surface area contributed by atoms with Gasteiger partial charge in [-0.25, -0.2) is 17.2 Å². The van der Waals surface area contributed by atoms with E-state index in [1.54, 1.807) is 18.2 Å². The molecule has 26 heavy (non-hydrogen) atoms. The van der Waals surface area contributed by atoms with Crippen molar-refractivity contribution in [3.8, 4) is 0 Å². The normalized spacial score (nSPS) is 11.3. The lowest BCUT2D eigenvalue weighted by Crippen LogP contribution is -2.31. The second-order valence-corrected chi connectivity index (χ2v) is 7.77. The Hall–Kier alpha value is -2.44. The average Bonchev–Trinajstić information content (AvgIpc) is 2.62. The Morgan fingerprint density at radius 2 is 1.58 bits per heavy atom. The molecule has 0 bridgehead atoms. The van der Waals surface area contributed by atoms with Gasteiger partial charge in [-0.15, -0.1) is 0 Å². The van der Waals surface area contributed by atoms with Crippen molar-refractivity contribution in [3.63, 3.8) is 0 Å². The topological polar surface area (TPSA) is 37.4 Å². The number of halogens is 3. The highest BCUT2D eigenvalue weighted by atomic mass is 35.5. The maximum Gasteiger partial charge on any atom is 0.264 e. The maximum absolute atomic E-state index is 14.2. The minimum atomic E-state index is -4.06. The molecule has 7 heteroatoms. The molecule has 0 atom stereocenters. The van der Waals surface area contributed by atoms with E-state index in [0.29, 0.717) is 0 Å². The molecule has 0 amide bonds. The Kier molecular flexibility index (Phi) is 5.25. The quantitative estimate of drug-likeness (QED) is 0.610. The molecular formula is C19H14ClF2NO2S. The number of sulfonamides is 1. The molecule has 3 aromatic carbocycles. The summed E-state index contributed by atoms with van der Waals surface area (Å²) in [5.41, 5.74) is 0.0890. The number of hydrogen-bond acceptors (Lipinski definition) is 2. The van der Waals surface area contributed by atoms with Gasteiger partial charge in [0.2, 0.25) is 0 Å². The molecule has 0 heterocycles. The first kappa shape index (κ1) is 18.4. The van der Waals surface area contributed by atoms with Crippen molar-refractivity contribution in [1.29, 1.82) is 0 Å². The summed E-state index contributed by atoms with van der Waals surface area (Å²) in [5.74, 6) is -1.24. The minimum absolute atomic E-state index is 0.0109. The molecule has 3 rings (SSSR count). The smallest absolute Gasteiger partial charge is 0.262 e. The van der Waals surface area contributed by atoms with E-state index < -0.39 is 21.7 Å². The van der Waals surface area contributed by atoms with Crippen molar-refractivity contribution in [2.45, 2.75) is 11.4 Å². The molecule has 0 radical (unpaired) electrons. The zero-order valence-corrected chi connectivity index (χ0v) is 15.0. The number of hydrogen-bond donors (Lipinski definition) is 0. The van der Waals surface area contributed by atoms with Crippen LogP contribution in [0, 0.1) is 11.6 Å². The fourth-order valence-electron chi connectivity index (χ4n) is 2.49. The molecule has 0 aliphatic heterocycles. The minimum Gasteiger partial charge on any atom is -0.262 e. The molecule has 0 unspecified atom stereocenters. The molecule has 0 aliphatic carbocycles. The summed E-state index contributed by atoms with van der Waals surface area (Å²) < 4.78 is 55.1. The van der Waals surface area contributed by atoms with Crippen LogP contribution in [-0.2, 0) is 16.6 Å². The van der Waals surface area contributed by atoms with E-state index >= 15 is 0 Å². The molecule has 3 nitrogen and oxygen atoms in total. The maximum atomic E-state index is 14.2. The van der Waals surface area contributed by atoms with Crippen LogP contribution in [0.15, 0.2) is 77.7 Å². The fraction of sp³-hybridized carbons (Fsp3) is 0.0526. The van der Waals surface area contributed by atoms with Crippen LogP contribution in [0.4, 0.5) is 14.5 Å². The van der Waals surface area contributed by atoms with Crippen LogP contribution in [0.1, 0.15) is 5.56 Å². The highest BCUT2D eigenvalue weighted by molar-refractivity contribution is 7.92. The van der Waals surface area contributed by atoms with Gasteiger partial charge in [0.1, 0.15) is 11.6 Å². The third-order valence-corrected chi connectivity index (χ3v) is 5.93. The lowest BCUT2D eigenvalue weighted by molar-refractivity contribution is 0.585. The standard InChI is InChI=1S/C19H14ClF2NO2S/c20-18-10-5-11-19(22)17(18)13-23(15-7-4-6-14(21)12-15)26(24,25)16-8-2-1-3-9-16/h1-12H,13H2. The molecule has 0 aromatic heterocycles. The van der Waals surface area contributed by atoms with Gasteiger partial charge in [0.05, 0.1) is 17.1 Å². The van der Waals surface area contributed by atoms with Gasteiger partial charge >= 0.3 is 0 Å². The van der Waals surface area contributed by atoms with Crippen molar-refractivity contribution < 1.29 is 17.2 Å². The predicted octanol–water partition coefficient (Wildman–Crippen LogP) is 5.01. The molecule has 0 spiro atoms. The van der Waals surface area contributed by atoms with Crippen LogP contribution in [0.25, 0.3) is 0 Å². The first-order chi connectivity index (χ1) is 12.4. The second kappa shape index (κ2) is 7.43. The van der Waals surface area contributed by atoms with Crippen molar-refractivity contribution in [2.75, 3.05) is 4.31 Å². The van der Waals surface area contributed by atoms with Crippen LogP contribution >= 0.6 is 11.6 Å². The largest absolute Gasteiger partial charge is 0.264 e. The zero-order chi connectivity index (χ0) is 18.7. The zero-order valence-electron chi connectivity index (χ0n) is 13.4. The predicted molar refractivity (Wildman–Crippen MR) is 97.6 cm³/mol. The van der Waals surface area contributed by atoms with Crippen molar-refractivity contribution >= 4 is 27.3 Å². The lowest BCUT2D eigenvalue weighted by atomic mass is 10.2. The summed E-state index contributed by atoms with van der Waals surface area (Å²) in [4.78, 5) is 0.0109. The van der Waals surface area contributed by atoms with Gasteiger partial charge in [-0.2, -0.15) is 0 Å². The number of anilines is 1. The van der Waals surface area contributed by atoms with E-state index in [9.17, 15) is 17.2 Å². The molecule has 0 saturated carbocycles. The van der Waals surface area contributed by atoms with E-state index in [1.165, 1.54) is 48.5 Å². The highest BCUT2D eigenvalue weighted by Crippen LogP contribution is 2.29. The van der Waals surface area contributed by atoms with Crippen molar-refractivity contribution in [3.05, 3.63) is 95.0 Å². The van der Waals surface area contributed by atoms with Crippen molar-refractivity contribution in [2.24, 2.45) is 0 Å². The van der Waals surface area contributed by atoms with E-state index in [1.807, 2.05) is 0 Å². The van der Waals surface area contributed by atoms with E-state index in [-0.39, 0.29) is 27.7 Å². The summed E-state index contributed by atoms with van der Waals surface area (Å²) in [6.07, 6.45) is 0. The third-order valence-electron chi connectivity index (χ3n) is 3.79. The van der Waals surface area contributed by atoms with Gasteiger partial charge in [-0.05, 0) is 42.5 Å². The van der Waals surface area contributed by atoms with Crippen LogP contribution in [0.5, 0.6) is 0 Å². The molecular weight excluding hydrogens is 380 g/mol. The average molecular weight is 394 g/mol. The molecule has 3 aromatic rings. The van der Waals surface area contributed by atoms with Gasteiger partial charge in [-0.3, -0.25) is 4.31 Å². The molecule has 0 aliphatic rings. The summed E-state index contributed by atoms with van der Waals surface area (Å²) in [6, 6.07) is 16.9. The summed E-state index contributed by atoms with van der Waals surface area (Å²) in [6.45, 7) is -0.369. The first-order valence-corrected chi connectivity index (χ1v) is 9.47. The van der Waals surface area contributed by atoms with Crippen LogP contribution in [-0.4, -0.2) is 8.42 Å². The van der Waals surface area contributed by atoms with Gasteiger partial charge in [0.25, 0.3) is 10.0 Å². The highest BCUT2D eigenvalue weighted by Gasteiger charge is 2.27.